The Bertz CT molecular complexity index is 1120. The maximum absolute atomic E-state index is 12.6. The zero-order chi connectivity index (χ0) is 21.7. The fourth-order valence-electron chi connectivity index (χ4n) is 2.93. The number of nitrogens with one attached hydrogen (secondary N) is 1. The molecule has 0 radical (unpaired) electrons. The van der Waals surface area contributed by atoms with E-state index in [9.17, 15) is 8.42 Å². The molecule has 0 saturated carbocycles. The highest BCUT2D eigenvalue weighted by Gasteiger charge is 2.19. The van der Waals surface area contributed by atoms with Crippen LogP contribution in [0.2, 0.25) is 0 Å². The van der Waals surface area contributed by atoms with Crippen LogP contribution in [-0.4, -0.2) is 15.0 Å². The zero-order valence-corrected chi connectivity index (χ0v) is 18.5. The van der Waals surface area contributed by atoms with Gasteiger partial charge in [-0.05, 0) is 80.8 Å². The monoisotopic (exact) mass is 425 g/mol. The molecule has 0 aliphatic rings. The molecular formula is C24H27NO4S. The van der Waals surface area contributed by atoms with E-state index in [1.165, 1.54) is 23.3 Å². The van der Waals surface area contributed by atoms with Crippen molar-refractivity contribution in [2.45, 2.75) is 39.1 Å². The maximum Gasteiger partial charge on any atom is 0.339 e. The molecular weight excluding hydrogens is 398 g/mol. The second-order valence-electron chi connectivity index (χ2n) is 7.22. The molecule has 0 heterocycles. The molecule has 3 rings (SSSR count). The average molecular weight is 426 g/mol. The quantitative estimate of drug-likeness (QED) is 0.490. The first-order valence-corrected chi connectivity index (χ1v) is 11.3. The number of hydrogen-bond acceptors (Lipinski definition) is 5. The summed E-state index contributed by atoms with van der Waals surface area (Å²) < 4.78 is 36.3. The van der Waals surface area contributed by atoms with Crippen molar-refractivity contribution in [1.29, 1.82) is 0 Å². The largest absolute Gasteiger partial charge is 0.490 e. The Balaban J connectivity index is 1.78. The lowest BCUT2D eigenvalue weighted by Crippen LogP contribution is -2.11. The summed E-state index contributed by atoms with van der Waals surface area (Å²) in [7, 11) is -3.94. The molecule has 5 nitrogen and oxygen atoms in total. The Labute approximate surface area is 178 Å². The van der Waals surface area contributed by atoms with E-state index in [-0.39, 0.29) is 10.6 Å². The molecule has 1 N–H and O–H groups in total. The Morgan fingerprint density at radius 3 is 2.23 bits per heavy atom. The molecule has 0 bridgehead atoms. The van der Waals surface area contributed by atoms with E-state index in [1.54, 1.807) is 24.3 Å². The van der Waals surface area contributed by atoms with E-state index in [1.807, 2.05) is 26.0 Å². The van der Waals surface area contributed by atoms with E-state index < -0.39 is 10.1 Å². The summed E-state index contributed by atoms with van der Waals surface area (Å²) >= 11 is 0. The standard InChI is InChI=1S/C24H27NO4S/c1-5-28-24-15-20(16-25-21-10-8-18(3)19(4)14-21)9-13-23(24)29-30(26,27)22-11-6-17(2)7-12-22/h6-15,25H,5,16H2,1-4H3. The maximum atomic E-state index is 12.6. The van der Waals surface area contributed by atoms with Crippen LogP contribution in [0.25, 0.3) is 0 Å². The highest BCUT2D eigenvalue weighted by atomic mass is 32.2. The molecule has 0 atom stereocenters. The summed E-state index contributed by atoms with van der Waals surface area (Å²) in [5.74, 6) is 0.569. The minimum atomic E-state index is -3.94. The first-order valence-electron chi connectivity index (χ1n) is 9.86. The lowest BCUT2D eigenvalue weighted by molar-refractivity contribution is 0.327. The van der Waals surface area contributed by atoms with Gasteiger partial charge >= 0.3 is 10.1 Å². The molecule has 0 amide bonds. The van der Waals surface area contributed by atoms with Crippen LogP contribution in [0.4, 0.5) is 5.69 Å². The van der Waals surface area contributed by atoms with Crippen molar-refractivity contribution in [2.75, 3.05) is 11.9 Å². The van der Waals surface area contributed by atoms with Gasteiger partial charge in [0.25, 0.3) is 0 Å². The Morgan fingerprint density at radius 1 is 0.833 bits per heavy atom. The highest BCUT2D eigenvalue weighted by Crippen LogP contribution is 2.31. The van der Waals surface area contributed by atoms with Gasteiger partial charge in [0.1, 0.15) is 4.90 Å². The molecule has 0 aliphatic carbocycles. The molecule has 6 heteroatoms. The van der Waals surface area contributed by atoms with Gasteiger partial charge in [0.15, 0.2) is 11.5 Å². The predicted molar refractivity (Wildman–Crippen MR) is 120 cm³/mol. The lowest BCUT2D eigenvalue weighted by atomic mass is 10.1. The van der Waals surface area contributed by atoms with Crippen LogP contribution in [-0.2, 0) is 16.7 Å². The lowest BCUT2D eigenvalue weighted by Gasteiger charge is -2.14. The van der Waals surface area contributed by atoms with Gasteiger partial charge in [0.05, 0.1) is 6.61 Å². The number of aryl methyl sites for hydroxylation is 3. The van der Waals surface area contributed by atoms with Crippen molar-refractivity contribution in [1.82, 2.24) is 0 Å². The Morgan fingerprint density at radius 2 is 1.57 bits per heavy atom. The molecule has 30 heavy (non-hydrogen) atoms. The van der Waals surface area contributed by atoms with E-state index >= 15 is 0 Å². The summed E-state index contributed by atoms with van der Waals surface area (Å²) in [6.07, 6.45) is 0. The number of rotatable bonds is 8. The van der Waals surface area contributed by atoms with Gasteiger partial charge in [0.2, 0.25) is 0 Å². The summed E-state index contributed by atoms with van der Waals surface area (Å²) in [6.45, 7) is 8.88. The average Bonchev–Trinajstić information content (AvgIpc) is 2.71. The van der Waals surface area contributed by atoms with Gasteiger partial charge in [-0.25, -0.2) is 0 Å². The molecule has 158 valence electrons. The van der Waals surface area contributed by atoms with Gasteiger partial charge in [-0.1, -0.05) is 29.8 Å². The number of hydrogen-bond donors (Lipinski definition) is 1. The van der Waals surface area contributed by atoms with Crippen LogP contribution < -0.4 is 14.2 Å². The van der Waals surface area contributed by atoms with Crippen LogP contribution in [0.3, 0.4) is 0 Å². The molecule has 3 aromatic rings. The van der Waals surface area contributed by atoms with E-state index in [2.05, 4.69) is 31.3 Å². The highest BCUT2D eigenvalue weighted by molar-refractivity contribution is 7.87. The third kappa shape index (κ3) is 5.33. The smallest absolute Gasteiger partial charge is 0.339 e. The summed E-state index contributed by atoms with van der Waals surface area (Å²) in [4.78, 5) is 0.107. The van der Waals surface area contributed by atoms with E-state index in [4.69, 9.17) is 8.92 Å². The minimum absolute atomic E-state index is 0.107. The molecule has 0 saturated heterocycles. The van der Waals surface area contributed by atoms with Crippen molar-refractivity contribution in [3.63, 3.8) is 0 Å². The van der Waals surface area contributed by atoms with Gasteiger partial charge in [0, 0.05) is 12.2 Å². The molecule has 0 spiro atoms. The molecule has 0 fully saturated rings. The van der Waals surface area contributed by atoms with Gasteiger partial charge < -0.3 is 14.2 Å². The van der Waals surface area contributed by atoms with Crippen LogP contribution in [0.15, 0.2) is 65.6 Å². The molecule has 0 aromatic heterocycles. The normalized spacial score (nSPS) is 11.2. The minimum Gasteiger partial charge on any atom is -0.490 e. The molecule has 3 aromatic carbocycles. The van der Waals surface area contributed by atoms with Crippen LogP contribution in [0.5, 0.6) is 11.5 Å². The summed E-state index contributed by atoms with van der Waals surface area (Å²) in [5.41, 5.74) is 5.43. The summed E-state index contributed by atoms with van der Waals surface area (Å²) in [6, 6.07) is 18.0. The van der Waals surface area contributed by atoms with Crippen LogP contribution >= 0.6 is 0 Å². The molecule has 0 aliphatic heterocycles. The third-order valence-electron chi connectivity index (χ3n) is 4.82. The van der Waals surface area contributed by atoms with Crippen molar-refractivity contribution in [3.8, 4) is 11.5 Å². The third-order valence-corrected chi connectivity index (χ3v) is 6.07. The van der Waals surface area contributed by atoms with Gasteiger partial charge in [-0.3, -0.25) is 0 Å². The Kier molecular flexibility index (Phi) is 6.67. The number of ether oxygens (including phenoxy) is 1. The van der Waals surface area contributed by atoms with Crippen molar-refractivity contribution in [3.05, 3.63) is 82.9 Å². The van der Waals surface area contributed by atoms with Crippen molar-refractivity contribution in [2.24, 2.45) is 0 Å². The second kappa shape index (κ2) is 9.22. The number of benzene rings is 3. The topological polar surface area (TPSA) is 64.6 Å². The molecule has 0 unspecified atom stereocenters. The zero-order valence-electron chi connectivity index (χ0n) is 17.7. The van der Waals surface area contributed by atoms with Crippen molar-refractivity contribution >= 4 is 15.8 Å². The second-order valence-corrected chi connectivity index (χ2v) is 8.76. The van der Waals surface area contributed by atoms with E-state index in [0.29, 0.717) is 18.9 Å². The fraction of sp³-hybridized carbons (Fsp3) is 0.250. The fourth-order valence-corrected chi connectivity index (χ4v) is 3.87. The van der Waals surface area contributed by atoms with Gasteiger partial charge in [-0.15, -0.1) is 0 Å². The first kappa shape index (κ1) is 21.7. The van der Waals surface area contributed by atoms with Crippen molar-refractivity contribution < 1.29 is 17.3 Å². The SMILES string of the molecule is CCOc1cc(CNc2ccc(C)c(C)c2)ccc1OS(=O)(=O)c1ccc(C)cc1. The number of anilines is 1. The predicted octanol–water partition coefficient (Wildman–Crippen LogP) is 5.39. The first-order chi connectivity index (χ1) is 14.3. The van der Waals surface area contributed by atoms with Gasteiger partial charge in [-0.2, -0.15) is 8.42 Å². The summed E-state index contributed by atoms with van der Waals surface area (Å²) in [5, 5.41) is 3.38. The van der Waals surface area contributed by atoms with E-state index in [0.717, 1.165) is 16.8 Å². The Hall–Kier alpha value is -2.99. The van der Waals surface area contributed by atoms with Crippen LogP contribution in [0.1, 0.15) is 29.2 Å². The van der Waals surface area contributed by atoms with Crippen LogP contribution in [0, 0.1) is 20.8 Å².